The molecule has 0 aliphatic heterocycles. The maximum Gasteiger partial charge on any atom is 0.266 e. The Morgan fingerprint density at radius 1 is 1.18 bits per heavy atom. The van der Waals surface area contributed by atoms with Crippen molar-refractivity contribution in [3.8, 4) is 0 Å². The fraction of sp³-hybridized carbons (Fsp3) is 0.278. The fourth-order valence-electron chi connectivity index (χ4n) is 2.83. The molecule has 2 amide bonds. The minimum absolute atomic E-state index is 0.0283. The number of nitrogens with zero attached hydrogens (tertiary/aromatic N) is 4. The Labute approximate surface area is 167 Å². The summed E-state index contributed by atoms with van der Waals surface area (Å²) in [5.74, 6) is -0.206. The van der Waals surface area contributed by atoms with Crippen LogP contribution in [0.5, 0.6) is 0 Å². The van der Waals surface area contributed by atoms with Crippen molar-refractivity contribution in [1.29, 1.82) is 0 Å². The van der Waals surface area contributed by atoms with Gasteiger partial charge in [0.1, 0.15) is 22.9 Å². The van der Waals surface area contributed by atoms with Gasteiger partial charge in [0.2, 0.25) is 11.8 Å². The van der Waals surface area contributed by atoms with Gasteiger partial charge in [-0.25, -0.2) is 9.67 Å². The van der Waals surface area contributed by atoms with Crippen LogP contribution in [0.25, 0.3) is 11.0 Å². The molecule has 28 heavy (non-hydrogen) atoms. The summed E-state index contributed by atoms with van der Waals surface area (Å²) in [6.07, 6.45) is 3.21. The summed E-state index contributed by atoms with van der Waals surface area (Å²) in [6.45, 7) is -0.177. The largest absolute Gasteiger partial charge is 0.326 e. The number of carbonyl (C=O) groups is 2. The second-order valence-electron chi connectivity index (χ2n) is 6.68. The minimum atomic E-state index is -0.363. The second-order valence-corrected chi connectivity index (χ2v) is 7.43. The summed E-state index contributed by atoms with van der Waals surface area (Å²) < 4.78 is 3.12. The molecule has 10 heteroatoms. The van der Waals surface area contributed by atoms with Gasteiger partial charge in [-0.3, -0.25) is 19.0 Å². The Balaban J connectivity index is 1.43. The molecule has 2 N–H and O–H groups in total. The summed E-state index contributed by atoms with van der Waals surface area (Å²) in [4.78, 5) is 40.9. The van der Waals surface area contributed by atoms with Crippen LogP contribution in [0.15, 0.2) is 40.0 Å². The van der Waals surface area contributed by atoms with Crippen molar-refractivity contribution >= 4 is 50.2 Å². The van der Waals surface area contributed by atoms with Gasteiger partial charge in [-0.15, -0.1) is 0 Å². The molecular formula is C18H17BrN6O3. The van der Waals surface area contributed by atoms with Crippen LogP contribution in [0, 0.1) is 5.92 Å². The zero-order valence-electron chi connectivity index (χ0n) is 15.0. The van der Waals surface area contributed by atoms with Gasteiger partial charge in [0.15, 0.2) is 5.65 Å². The number of aromatic nitrogens is 4. The van der Waals surface area contributed by atoms with Crippen LogP contribution in [-0.4, -0.2) is 31.1 Å². The molecule has 3 aromatic rings. The van der Waals surface area contributed by atoms with Crippen LogP contribution in [0.4, 0.5) is 11.4 Å². The van der Waals surface area contributed by atoms with Crippen molar-refractivity contribution in [2.24, 2.45) is 13.0 Å². The number of nitrogens with one attached hydrogen (secondary N) is 2. The maximum atomic E-state index is 12.6. The van der Waals surface area contributed by atoms with E-state index < -0.39 is 0 Å². The Kier molecular flexibility index (Phi) is 4.71. The van der Waals surface area contributed by atoms with Gasteiger partial charge >= 0.3 is 0 Å². The number of carbonyl (C=O) groups excluding carboxylic acids is 2. The maximum absolute atomic E-state index is 12.6. The zero-order chi connectivity index (χ0) is 19.8. The number of amides is 2. The predicted octanol–water partition coefficient (Wildman–Crippen LogP) is 1.88. The van der Waals surface area contributed by atoms with E-state index in [0.29, 0.717) is 27.0 Å². The van der Waals surface area contributed by atoms with Crippen LogP contribution in [-0.2, 0) is 23.2 Å². The van der Waals surface area contributed by atoms with E-state index >= 15 is 0 Å². The molecule has 1 aromatic carbocycles. The number of hydrogen-bond acceptors (Lipinski definition) is 5. The Morgan fingerprint density at radius 3 is 2.46 bits per heavy atom. The SMILES string of the molecule is Cn1nc(Br)c2c(=O)n(CC(=O)Nc3ccc(NC(=O)C4CC4)cc3)cnc21. The smallest absolute Gasteiger partial charge is 0.266 e. The molecule has 0 unspecified atom stereocenters. The van der Waals surface area contributed by atoms with E-state index in [1.165, 1.54) is 15.6 Å². The molecule has 4 rings (SSSR count). The van der Waals surface area contributed by atoms with E-state index in [0.717, 1.165) is 12.8 Å². The molecule has 2 heterocycles. The minimum Gasteiger partial charge on any atom is -0.326 e. The van der Waals surface area contributed by atoms with Crippen molar-refractivity contribution in [2.75, 3.05) is 10.6 Å². The van der Waals surface area contributed by atoms with Crippen LogP contribution in [0.1, 0.15) is 12.8 Å². The first-order valence-corrected chi connectivity index (χ1v) is 9.50. The number of benzene rings is 1. The van der Waals surface area contributed by atoms with Gasteiger partial charge in [0, 0.05) is 24.3 Å². The third kappa shape index (κ3) is 3.68. The number of anilines is 2. The fourth-order valence-corrected chi connectivity index (χ4v) is 3.41. The topological polar surface area (TPSA) is 111 Å². The van der Waals surface area contributed by atoms with Crippen molar-refractivity contribution in [3.63, 3.8) is 0 Å². The molecule has 0 spiro atoms. The second kappa shape index (κ2) is 7.19. The molecule has 1 saturated carbocycles. The number of hydrogen-bond donors (Lipinski definition) is 2. The summed E-state index contributed by atoms with van der Waals surface area (Å²) >= 11 is 3.24. The first-order chi connectivity index (χ1) is 13.4. The van der Waals surface area contributed by atoms with Crippen molar-refractivity contribution in [3.05, 3.63) is 45.5 Å². The highest BCUT2D eigenvalue weighted by atomic mass is 79.9. The average Bonchev–Trinajstić information content (AvgIpc) is 3.45. The van der Waals surface area contributed by atoms with Crippen LogP contribution < -0.4 is 16.2 Å². The third-order valence-corrected chi connectivity index (χ3v) is 5.02. The molecular weight excluding hydrogens is 428 g/mol. The molecule has 144 valence electrons. The van der Waals surface area contributed by atoms with Gasteiger partial charge in [0.05, 0.1) is 0 Å². The van der Waals surface area contributed by atoms with Crippen molar-refractivity contribution < 1.29 is 9.59 Å². The molecule has 2 aromatic heterocycles. The van der Waals surface area contributed by atoms with Crippen LogP contribution in [0.3, 0.4) is 0 Å². The first kappa shape index (κ1) is 18.4. The van der Waals surface area contributed by atoms with E-state index in [9.17, 15) is 14.4 Å². The standard InChI is InChI=1S/C18H17BrN6O3/c1-24-16-14(15(19)23-24)18(28)25(9-20-16)8-13(26)21-11-4-6-12(7-5-11)22-17(27)10-2-3-10/h4-7,9-10H,2-3,8H2,1H3,(H,21,26)(H,22,27). The van der Waals surface area contributed by atoms with Gasteiger partial charge in [-0.1, -0.05) is 0 Å². The lowest BCUT2D eigenvalue weighted by atomic mass is 10.2. The number of rotatable bonds is 5. The van der Waals surface area contributed by atoms with Crippen molar-refractivity contribution in [1.82, 2.24) is 19.3 Å². The lowest BCUT2D eigenvalue weighted by molar-refractivity contribution is -0.117. The highest BCUT2D eigenvalue weighted by molar-refractivity contribution is 9.10. The van der Waals surface area contributed by atoms with Crippen LogP contribution in [0.2, 0.25) is 0 Å². The summed E-state index contributed by atoms with van der Waals surface area (Å²) in [5.41, 5.74) is 1.34. The Hall–Kier alpha value is -3.01. The quantitative estimate of drug-likeness (QED) is 0.623. The first-order valence-electron chi connectivity index (χ1n) is 8.71. The lowest BCUT2D eigenvalue weighted by Crippen LogP contribution is -2.28. The molecule has 0 bridgehead atoms. The number of aryl methyl sites for hydroxylation is 1. The predicted molar refractivity (Wildman–Crippen MR) is 107 cm³/mol. The Bertz CT molecular complexity index is 1130. The van der Waals surface area contributed by atoms with E-state index in [2.05, 4.69) is 36.6 Å². The van der Waals surface area contributed by atoms with E-state index in [4.69, 9.17) is 0 Å². The summed E-state index contributed by atoms with van der Waals surface area (Å²) in [6, 6.07) is 6.84. The molecule has 0 atom stereocenters. The van der Waals surface area contributed by atoms with E-state index in [1.807, 2.05) is 0 Å². The lowest BCUT2D eigenvalue weighted by Gasteiger charge is -2.09. The third-order valence-electron chi connectivity index (χ3n) is 4.47. The highest BCUT2D eigenvalue weighted by Crippen LogP contribution is 2.30. The van der Waals surface area contributed by atoms with Gasteiger partial charge < -0.3 is 10.6 Å². The van der Waals surface area contributed by atoms with E-state index in [-0.39, 0.29) is 29.8 Å². The summed E-state index contributed by atoms with van der Waals surface area (Å²) in [7, 11) is 1.69. The Morgan fingerprint density at radius 2 is 1.82 bits per heavy atom. The van der Waals surface area contributed by atoms with E-state index in [1.54, 1.807) is 31.3 Å². The number of fused-ring (bicyclic) bond motifs is 1. The molecule has 1 aliphatic carbocycles. The normalized spacial score (nSPS) is 13.5. The number of halogens is 1. The summed E-state index contributed by atoms with van der Waals surface area (Å²) in [5, 5.41) is 10.0. The monoisotopic (exact) mass is 444 g/mol. The van der Waals surface area contributed by atoms with Crippen molar-refractivity contribution in [2.45, 2.75) is 19.4 Å². The van der Waals surface area contributed by atoms with Gasteiger partial charge in [-0.2, -0.15) is 5.10 Å². The average molecular weight is 445 g/mol. The molecule has 1 fully saturated rings. The highest BCUT2D eigenvalue weighted by Gasteiger charge is 2.29. The molecule has 0 saturated heterocycles. The van der Waals surface area contributed by atoms with Gasteiger partial charge in [0.25, 0.3) is 5.56 Å². The van der Waals surface area contributed by atoms with Crippen LogP contribution >= 0.6 is 15.9 Å². The van der Waals surface area contributed by atoms with Gasteiger partial charge in [-0.05, 0) is 53.0 Å². The molecule has 1 aliphatic rings. The molecule has 0 radical (unpaired) electrons. The zero-order valence-corrected chi connectivity index (χ0v) is 16.6. The molecule has 9 nitrogen and oxygen atoms in total.